The second-order valence-electron chi connectivity index (χ2n) is 28.3. The smallest absolute Gasteiger partial charge is 0.0726 e. The molecule has 0 atom stereocenters. The van der Waals surface area contributed by atoms with Gasteiger partial charge in [-0.05, 0) is 220 Å². The van der Waals surface area contributed by atoms with Crippen LogP contribution in [-0.2, 0) is 16.2 Å². The summed E-state index contributed by atoms with van der Waals surface area (Å²) < 4.78 is 0. The highest BCUT2D eigenvalue weighted by Crippen LogP contribution is 2.65. The third kappa shape index (κ3) is 8.94. The molecule has 484 valence electrons. The molecule has 1 spiro atoms. The molecule has 0 N–H and O–H groups in total. The van der Waals surface area contributed by atoms with Crippen molar-refractivity contribution >= 4 is 34.1 Å². The first-order valence-corrected chi connectivity index (χ1v) is 36.0. The van der Waals surface area contributed by atoms with Gasteiger partial charge in [-0.25, -0.2) is 0 Å². The Hall–Kier alpha value is -12.9. The Kier molecular flexibility index (Phi) is 13.8. The summed E-state index contributed by atoms with van der Waals surface area (Å²) in [5.74, 6) is 0. The lowest BCUT2D eigenvalue weighted by atomic mass is 9.67. The standard InChI is InChI=1S/C101H70N2/c1-67-43-56-86-89-59-54-80(64-96(89)99(94(86)61-67,73-28-10-4-11-29-73)74-30-12-5-13-31-74)103(81-55-60-90-87-57-44-68(2)62-95(87)100(97(90)65-81,75-32-14-6-15-33-75)76-34-16-7-17-35-76)78-51-47-71(48-52-78)70-45-49-77(50-46-70)102(79-36-24-27-72(63-79)69-25-8-3-9-26-69)82-53-58-88-85-39-20-23-42-93(85)101(98(88)66-82)91-40-21-18-37-83(91)84-38-19-22-41-92(84)101/h3-66H,1-2H3. The van der Waals surface area contributed by atoms with Gasteiger partial charge in [-0.15, -0.1) is 0 Å². The third-order valence-electron chi connectivity index (χ3n) is 22.9. The van der Waals surface area contributed by atoms with Crippen LogP contribution in [0.3, 0.4) is 0 Å². The van der Waals surface area contributed by atoms with Crippen LogP contribution in [0.1, 0.15) is 77.9 Å². The Morgan fingerprint density at radius 1 is 0.165 bits per heavy atom. The number of hydrogen-bond donors (Lipinski definition) is 0. The van der Waals surface area contributed by atoms with Gasteiger partial charge in [0.25, 0.3) is 0 Å². The van der Waals surface area contributed by atoms with Crippen molar-refractivity contribution in [3.8, 4) is 66.8 Å². The Balaban J connectivity index is 0.748. The Bertz CT molecular complexity index is 5670. The number of benzene rings is 16. The molecule has 0 amide bonds. The average Bonchev–Trinajstić information content (AvgIpc) is 1.56. The molecule has 0 aliphatic heterocycles. The van der Waals surface area contributed by atoms with Crippen LogP contribution >= 0.6 is 0 Å². The van der Waals surface area contributed by atoms with E-state index >= 15 is 0 Å². The van der Waals surface area contributed by atoms with Gasteiger partial charge >= 0.3 is 0 Å². The van der Waals surface area contributed by atoms with Crippen molar-refractivity contribution in [1.82, 2.24) is 0 Å². The molecule has 16 aromatic carbocycles. The van der Waals surface area contributed by atoms with Crippen molar-refractivity contribution in [3.63, 3.8) is 0 Å². The quantitative estimate of drug-likeness (QED) is 0.120. The first-order valence-electron chi connectivity index (χ1n) is 36.0. The molecule has 0 unspecified atom stereocenters. The molecule has 20 rings (SSSR count). The SMILES string of the molecule is Cc1ccc2c(c1)C(c1ccccc1)(c1ccccc1)c1cc(N(c3ccc(-c4ccc(N(c5cccc(-c6ccccc6)c5)c5ccc6c(c5)C5(c7ccccc7-c7ccccc75)c5ccccc5-6)cc4)cc3)c3ccc4c(c3)C(c3ccccc3)(c3ccccc3)c3cc(C)ccc3-4)ccc1-2. The molecule has 103 heavy (non-hydrogen) atoms. The monoisotopic (exact) mass is 1310 g/mol. The van der Waals surface area contributed by atoms with Crippen molar-refractivity contribution in [1.29, 1.82) is 0 Å². The van der Waals surface area contributed by atoms with E-state index in [0.29, 0.717) is 0 Å². The largest absolute Gasteiger partial charge is 0.310 e. The molecule has 2 heteroatoms. The minimum atomic E-state index is -0.604. The first-order chi connectivity index (χ1) is 50.9. The fraction of sp³-hybridized carbons (Fsp3) is 0.0495. The minimum Gasteiger partial charge on any atom is -0.310 e. The maximum absolute atomic E-state index is 2.51. The maximum Gasteiger partial charge on any atom is 0.0726 e. The fourth-order valence-electron chi connectivity index (χ4n) is 18.6. The number of anilines is 6. The van der Waals surface area contributed by atoms with Crippen LogP contribution in [0.25, 0.3) is 66.8 Å². The van der Waals surface area contributed by atoms with Gasteiger partial charge in [0.2, 0.25) is 0 Å². The summed E-state index contributed by atoms with van der Waals surface area (Å²) in [5, 5.41) is 0. The van der Waals surface area contributed by atoms with Crippen molar-refractivity contribution in [2.45, 2.75) is 30.1 Å². The predicted molar refractivity (Wildman–Crippen MR) is 427 cm³/mol. The second-order valence-corrected chi connectivity index (χ2v) is 28.3. The molecule has 4 aliphatic carbocycles. The normalized spacial score (nSPS) is 13.8. The van der Waals surface area contributed by atoms with Crippen molar-refractivity contribution in [2.24, 2.45) is 0 Å². The topological polar surface area (TPSA) is 6.48 Å². The molecule has 0 saturated heterocycles. The van der Waals surface area contributed by atoms with E-state index in [1.54, 1.807) is 0 Å². The molecular formula is C101H70N2. The van der Waals surface area contributed by atoms with E-state index in [2.05, 4.69) is 412 Å². The van der Waals surface area contributed by atoms with Crippen LogP contribution in [0.5, 0.6) is 0 Å². The summed E-state index contributed by atoms with van der Waals surface area (Å²) >= 11 is 0. The molecule has 16 aromatic rings. The zero-order chi connectivity index (χ0) is 68.4. The maximum atomic E-state index is 2.51. The summed E-state index contributed by atoms with van der Waals surface area (Å²) in [6.07, 6.45) is 0. The van der Waals surface area contributed by atoms with E-state index in [0.717, 1.165) is 50.8 Å². The summed E-state index contributed by atoms with van der Waals surface area (Å²) in [4.78, 5) is 4.98. The molecule has 2 nitrogen and oxygen atoms in total. The van der Waals surface area contributed by atoms with Gasteiger partial charge < -0.3 is 9.80 Å². The molecule has 0 saturated carbocycles. The van der Waals surface area contributed by atoms with Crippen LogP contribution < -0.4 is 9.80 Å². The number of aryl methyl sites for hydroxylation is 2. The summed E-state index contributed by atoms with van der Waals surface area (Å²) in [7, 11) is 0. The van der Waals surface area contributed by atoms with Crippen molar-refractivity contribution < 1.29 is 0 Å². The molecular weight excluding hydrogens is 1240 g/mol. The fourth-order valence-corrected chi connectivity index (χ4v) is 18.6. The van der Waals surface area contributed by atoms with Gasteiger partial charge in [-0.2, -0.15) is 0 Å². The highest BCUT2D eigenvalue weighted by molar-refractivity contribution is 5.98. The minimum absolute atomic E-state index is 0.487. The predicted octanol–water partition coefficient (Wildman–Crippen LogP) is 25.6. The van der Waals surface area contributed by atoms with Gasteiger partial charge in [0.15, 0.2) is 0 Å². The van der Waals surface area contributed by atoms with Gasteiger partial charge in [-0.1, -0.05) is 327 Å². The zero-order valence-electron chi connectivity index (χ0n) is 57.3. The van der Waals surface area contributed by atoms with Crippen LogP contribution in [0.15, 0.2) is 388 Å². The van der Waals surface area contributed by atoms with Gasteiger partial charge in [0, 0.05) is 34.1 Å². The molecule has 0 heterocycles. The highest BCUT2D eigenvalue weighted by atomic mass is 15.1. The summed E-state index contributed by atoms with van der Waals surface area (Å²) in [5.41, 5.74) is 37.4. The lowest BCUT2D eigenvalue weighted by molar-refractivity contribution is 0.766. The molecule has 0 aromatic heterocycles. The number of hydrogen-bond acceptors (Lipinski definition) is 2. The van der Waals surface area contributed by atoms with Crippen LogP contribution in [-0.4, -0.2) is 0 Å². The first kappa shape index (κ1) is 60.1. The Morgan fingerprint density at radius 3 is 0.796 bits per heavy atom. The van der Waals surface area contributed by atoms with Crippen LogP contribution in [0.4, 0.5) is 34.1 Å². The molecule has 0 fully saturated rings. The Morgan fingerprint density at radius 2 is 0.427 bits per heavy atom. The van der Waals surface area contributed by atoms with Crippen LogP contribution in [0, 0.1) is 13.8 Å². The van der Waals surface area contributed by atoms with Crippen molar-refractivity contribution in [2.75, 3.05) is 9.80 Å². The zero-order valence-corrected chi connectivity index (χ0v) is 57.3. The van der Waals surface area contributed by atoms with Crippen molar-refractivity contribution in [3.05, 3.63) is 466 Å². The molecule has 4 aliphatic rings. The molecule has 0 radical (unpaired) electrons. The van der Waals surface area contributed by atoms with Gasteiger partial charge in [0.05, 0.1) is 16.2 Å². The summed E-state index contributed by atoms with van der Waals surface area (Å²) in [6.45, 7) is 4.46. The number of nitrogens with zero attached hydrogens (tertiary/aromatic N) is 2. The Labute approximate surface area is 603 Å². The third-order valence-corrected chi connectivity index (χ3v) is 22.9. The van der Waals surface area contributed by atoms with E-state index in [1.807, 2.05) is 0 Å². The van der Waals surface area contributed by atoms with E-state index in [4.69, 9.17) is 0 Å². The van der Waals surface area contributed by atoms with Crippen LogP contribution in [0.2, 0.25) is 0 Å². The average molecular weight is 1310 g/mol. The number of fused-ring (bicyclic) bond motifs is 16. The van der Waals surface area contributed by atoms with E-state index in [9.17, 15) is 0 Å². The van der Waals surface area contributed by atoms with E-state index in [-0.39, 0.29) is 0 Å². The van der Waals surface area contributed by atoms with Gasteiger partial charge in [0.1, 0.15) is 0 Å². The number of rotatable bonds is 12. The lowest BCUT2D eigenvalue weighted by Gasteiger charge is -2.36. The highest BCUT2D eigenvalue weighted by Gasteiger charge is 2.53. The van der Waals surface area contributed by atoms with E-state index in [1.165, 1.54) is 128 Å². The van der Waals surface area contributed by atoms with E-state index < -0.39 is 16.2 Å². The lowest BCUT2D eigenvalue weighted by Crippen LogP contribution is -2.29. The second kappa shape index (κ2) is 23.6. The van der Waals surface area contributed by atoms with Gasteiger partial charge in [-0.3, -0.25) is 0 Å². The summed E-state index contributed by atoms with van der Waals surface area (Å²) in [6, 6.07) is 146. The molecule has 0 bridgehead atoms.